The van der Waals surface area contributed by atoms with E-state index in [9.17, 15) is 13.2 Å². The molecule has 2 rings (SSSR count). The van der Waals surface area contributed by atoms with Crippen molar-refractivity contribution in [3.05, 3.63) is 48.0 Å². The fourth-order valence-corrected chi connectivity index (χ4v) is 4.33. The van der Waals surface area contributed by atoms with E-state index in [1.807, 2.05) is 26.8 Å². The largest absolute Gasteiger partial charge is 0.497 e. The molecular formula is C24H35N3O6S. The molecule has 0 spiro atoms. The second kappa shape index (κ2) is 13.0. The normalized spacial score (nSPS) is 11.1. The number of nitrogens with one attached hydrogen (secondary N) is 1. The molecule has 0 fully saturated rings. The number of amides is 2. The van der Waals surface area contributed by atoms with Gasteiger partial charge < -0.3 is 28.8 Å². The summed E-state index contributed by atoms with van der Waals surface area (Å²) in [6, 6.07) is 11.1. The molecule has 2 aromatic carbocycles. The highest BCUT2D eigenvalue weighted by Crippen LogP contribution is 2.30. The number of nitrogens with zero attached hydrogens (tertiary/aromatic N) is 2. The zero-order chi connectivity index (χ0) is 25.1. The molecule has 0 bridgehead atoms. The predicted octanol–water partition coefficient (Wildman–Crippen LogP) is 3.49. The smallest absolute Gasteiger partial charge is 0.339 e. The van der Waals surface area contributed by atoms with Crippen molar-refractivity contribution in [1.29, 1.82) is 0 Å². The van der Waals surface area contributed by atoms with E-state index >= 15 is 0 Å². The van der Waals surface area contributed by atoms with Gasteiger partial charge in [0, 0.05) is 50.6 Å². The highest BCUT2D eigenvalue weighted by Gasteiger charge is 2.22. The molecule has 0 saturated heterocycles. The van der Waals surface area contributed by atoms with Gasteiger partial charge in [-0.25, -0.2) is 4.79 Å². The topological polar surface area (TPSA) is 97.4 Å². The van der Waals surface area contributed by atoms with Gasteiger partial charge in [-0.1, -0.05) is 6.07 Å². The van der Waals surface area contributed by atoms with E-state index in [1.54, 1.807) is 36.3 Å². The van der Waals surface area contributed by atoms with Crippen LogP contribution in [0.25, 0.3) is 0 Å². The average molecular weight is 494 g/mol. The van der Waals surface area contributed by atoms with Crippen LogP contribution < -0.4 is 19.1 Å². The molecule has 2 amide bonds. The van der Waals surface area contributed by atoms with Crippen LogP contribution in [0, 0.1) is 0 Å². The van der Waals surface area contributed by atoms with Crippen LogP contribution in [0.2, 0.25) is 0 Å². The third-order valence-corrected chi connectivity index (χ3v) is 6.52. The molecule has 34 heavy (non-hydrogen) atoms. The summed E-state index contributed by atoms with van der Waals surface area (Å²) in [5.74, 6) is 0.714. The van der Waals surface area contributed by atoms with Crippen molar-refractivity contribution in [2.24, 2.45) is 0 Å². The number of methoxy groups -OCH3 is 2. The number of anilines is 1. The maximum atomic E-state index is 13.1. The number of carbonyl (C=O) groups excluding carboxylic acids is 1. The van der Waals surface area contributed by atoms with Gasteiger partial charge in [0.05, 0.1) is 20.3 Å². The third kappa shape index (κ3) is 7.26. The minimum atomic E-state index is -4.12. The minimum Gasteiger partial charge on any atom is -0.497 e. The predicted molar refractivity (Wildman–Crippen MR) is 132 cm³/mol. The lowest BCUT2D eigenvalue weighted by atomic mass is 10.1. The Morgan fingerprint density at radius 1 is 1.00 bits per heavy atom. The van der Waals surface area contributed by atoms with Gasteiger partial charge in [-0.05, 0) is 51.1 Å². The Hall–Kier alpha value is -2.98. The van der Waals surface area contributed by atoms with Crippen LogP contribution in [0.5, 0.6) is 11.5 Å². The Morgan fingerprint density at radius 3 is 2.24 bits per heavy atom. The van der Waals surface area contributed by atoms with Gasteiger partial charge in [0.15, 0.2) is 0 Å². The lowest BCUT2D eigenvalue weighted by Crippen LogP contribution is -2.41. The molecule has 0 radical (unpaired) electrons. The zero-order valence-electron chi connectivity index (χ0n) is 20.5. The molecular weight excluding hydrogens is 458 g/mol. The fourth-order valence-electron chi connectivity index (χ4n) is 3.37. The van der Waals surface area contributed by atoms with E-state index in [1.165, 1.54) is 19.2 Å². The molecule has 0 saturated carbocycles. The van der Waals surface area contributed by atoms with E-state index < -0.39 is 10.1 Å². The fraction of sp³-hybridized carbons (Fsp3) is 0.458. The number of hydrogen-bond donors (Lipinski definition) is 1. The summed E-state index contributed by atoms with van der Waals surface area (Å²) < 4.78 is 42.0. The van der Waals surface area contributed by atoms with E-state index in [0.717, 1.165) is 18.8 Å². The third-order valence-electron chi connectivity index (χ3n) is 5.27. The Bertz CT molecular complexity index is 1020. The molecule has 0 aliphatic carbocycles. The number of carbonyl (C=O) groups is 1. The number of urea groups is 1. The first-order chi connectivity index (χ1) is 16.3. The maximum Gasteiger partial charge on any atom is 0.339 e. The molecule has 188 valence electrons. The minimum absolute atomic E-state index is 0.00690. The van der Waals surface area contributed by atoms with E-state index in [-0.39, 0.29) is 23.2 Å². The standard InChI is InChI=1S/C24H35N3O6S/c1-6-25-24(28)27(15-16-31-4)18-19-9-10-20(26(7-2)8-3)17-23(19)33-34(29,30)22-13-11-21(32-5)12-14-22/h9-14,17H,6-8,15-16,18H2,1-5H3,(H,25,28). The average Bonchev–Trinajstić information content (AvgIpc) is 2.83. The molecule has 1 N–H and O–H groups in total. The van der Waals surface area contributed by atoms with Crippen molar-refractivity contribution >= 4 is 21.8 Å². The highest BCUT2D eigenvalue weighted by atomic mass is 32.2. The lowest BCUT2D eigenvalue weighted by Gasteiger charge is -2.26. The van der Waals surface area contributed by atoms with E-state index in [4.69, 9.17) is 13.7 Å². The number of rotatable bonds is 13. The van der Waals surface area contributed by atoms with Gasteiger partial charge in [-0.2, -0.15) is 8.42 Å². The molecule has 0 heterocycles. The van der Waals surface area contributed by atoms with Gasteiger partial charge >= 0.3 is 16.1 Å². The number of hydrogen-bond acceptors (Lipinski definition) is 7. The van der Waals surface area contributed by atoms with Crippen molar-refractivity contribution in [3.8, 4) is 11.5 Å². The van der Waals surface area contributed by atoms with Crippen LogP contribution in [-0.2, 0) is 21.4 Å². The molecule has 10 heteroatoms. The van der Waals surface area contributed by atoms with Crippen molar-refractivity contribution < 1.29 is 26.9 Å². The van der Waals surface area contributed by atoms with Crippen LogP contribution in [0.1, 0.15) is 26.3 Å². The van der Waals surface area contributed by atoms with Gasteiger partial charge in [0.1, 0.15) is 16.4 Å². The van der Waals surface area contributed by atoms with Crippen molar-refractivity contribution in [1.82, 2.24) is 10.2 Å². The summed E-state index contributed by atoms with van der Waals surface area (Å²) in [6.45, 7) is 8.68. The Kier molecular flexibility index (Phi) is 10.5. The van der Waals surface area contributed by atoms with E-state index in [2.05, 4.69) is 10.2 Å². The van der Waals surface area contributed by atoms with Crippen LogP contribution in [0.3, 0.4) is 0 Å². The highest BCUT2D eigenvalue weighted by molar-refractivity contribution is 7.87. The summed E-state index contributed by atoms with van der Waals surface area (Å²) in [4.78, 5) is 16.2. The molecule has 0 unspecified atom stereocenters. The Morgan fingerprint density at radius 2 is 1.68 bits per heavy atom. The second-order valence-electron chi connectivity index (χ2n) is 7.43. The monoisotopic (exact) mass is 493 g/mol. The van der Waals surface area contributed by atoms with Crippen molar-refractivity contribution in [2.45, 2.75) is 32.2 Å². The van der Waals surface area contributed by atoms with Crippen LogP contribution in [0.4, 0.5) is 10.5 Å². The zero-order valence-corrected chi connectivity index (χ0v) is 21.4. The van der Waals surface area contributed by atoms with Crippen molar-refractivity contribution in [3.63, 3.8) is 0 Å². The molecule has 9 nitrogen and oxygen atoms in total. The SMILES string of the molecule is CCNC(=O)N(CCOC)Cc1ccc(N(CC)CC)cc1OS(=O)(=O)c1ccc(OC)cc1. The first kappa shape index (κ1) is 27.3. The van der Waals surface area contributed by atoms with Gasteiger partial charge in [0.25, 0.3) is 0 Å². The Balaban J connectivity index is 2.46. The Labute approximate surface area is 202 Å². The summed E-state index contributed by atoms with van der Waals surface area (Å²) in [5, 5.41) is 2.78. The van der Waals surface area contributed by atoms with Crippen molar-refractivity contribution in [2.75, 3.05) is 51.9 Å². The van der Waals surface area contributed by atoms with Gasteiger partial charge in [-0.3, -0.25) is 0 Å². The summed E-state index contributed by atoms with van der Waals surface area (Å²) >= 11 is 0. The number of ether oxygens (including phenoxy) is 2. The molecule has 2 aromatic rings. The molecule has 0 aliphatic heterocycles. The molecule has 0 aromatic heterocycles. The number of benzene rings is 2. The first-order valence-corrected chi connectivity index (χ1v) is 12.7. The first-order valence-electron chi connectivity index (χ1n) is 11.3. The van der Waals surface area contributed by atoms with Crippen LogP contribution in [-0.4, -0.2) is 66.4 Å². The van der Waals surface area contributed by atoms with Crippen LogP contribution in [0.15, 0.2) is 47.4 Å². The summed E-state index contributed by atoms with van der Waals surface area (Å²) in [7, 11) is -1.05. The summed E-state index contributed by atoms with van der Waals surface area (Å²) in [6.07, 6.45) is 0. The maximum absolute atomic E-state index is 13.1. The molecule has 0 atom stereocenters. The lowest BCUT2D eigenvalue weighted by molar-refractivity contribution is 0.146. The summed E-state index contributed by atoms with van der Waals surface area (Å²) in [5.41, 5.74) is 1.39. The van der Waals surface area contributed by atoms with Gasteiger partial charge in [0.2, 0.25) is 0 Å². The van der Waals surface area contributed by atoms with E-state index in [0.29, 0.717) is 31.0 Å². The van der Waals surface area contributed by atoms with Gasteiger partial charge in [-0.15, -0.1) is 0 Å². The van der Waals surface area contributed by atoms with Crippen LogP contribution >= 0.6 is 0 Å². The molecule has 0 aliphatic rings. The second-order valence-corrected chi connectivity index (χ2v) is 8.97. The quantitative estimate of drug-likeness (QED) is 0.427.